The summed E-state index contributed by atoms with van der Waals surface area (Å²) < 4.78 is 5.68. The largest absolute Gasteiger partial charge is 0.508 e. The molecule has 5 atom stereocenters. The molecule has 1 aromatic carbocycles. The quantitative estimate of drug-likeness (QED) is 0.253. The van der Waals surface area contributed by atoms with E-state index in [9.17, 15) is 24.3 Å². The van der Waals surface area contributed by atoms with Gasteiger partial charge in [-0.05, 0) is 63.8 Å². The number of hydrogen-bond acceptors (Lipinski definition) is 7. The third-order valence-electron chi connectivity index (χ3n) is 7.00. The van der Waals surface area contributed by atoms with Gasteiger partial charge in [-0.2, -0.15) is 0 Å². The number of nitrogens with zero attached hydrogens (tertiary/aromatic N) is 1. The first-order chi connectivity index (χ1) is 18.4. The molecule has 0 aromatic heterocycles. The van der Waals surface area contributed by atoms with Crippen molar-refractivity contribution in [1.29, 1.82) is 0 Å². The molecule has 1 aromatic rings. The minimum atomic E-state index is -0.783. The number of carbonyl (C=O) groups excluding carboxylic acids is 4. The number of rotatable bonds is 5. The van der Waals surface area contributed by atoms with Gasteiger partial charge >= 0.3 is 5.97 Å². The number of phenols is 1. The molecule has 216 valence electrons. The average Bonchev–Trinajstić information content (AvgIpc) is 2.86. The fraction of sp³-hybridized carbons (Fsp3) is 0.586. The molecule has 1 aliphatic rings. The van der Waals surface area contributed by atoms with Crippen LogP contribution in [0.3, 0.4) is 0 Å². The molecule has 1 heterocycles. The number of nitrogens with two attached hydrogens (primary N) is 1. The van der Waals surface area contributed by atoms with Gasteiger partial charge in [0.1, 0.15) is 17.9 Å². The average molecular weight is 545 g/mol. The summed E-state index contributed by atoms with van der Waals surface area (Å²) in [4.78, 5) is 53.5. The van der Waals surface area contributed by atoms with Crippen LogP contribution >= 0.6 is 0 Å². The molecular weight excluding hydrogens is 500 g/mol. The third-order valence-corrected chi connectivity index (χ3v) is 7.00. The summed E-state index contributed by atoms with van der Waals surface area (Å²) in [7, 11) is 1.51. The zero-order valence-electron chi connectivity index (χ0n) is 23.7. The van der Waals surface area contributed by atoms with Crippen molar-refractivity contribution in [2.24, 2.45) is 17.6 Å². The molecule has 0 saturated heterocycles. The number of benzene rings is 1. The van der Waals surface area contributed by atoms with Gasteiger partial charge in [0.2, 0.25) is 17.7 Å². The minimum Gasteiger partial charge on any atom is -0.508 e. The van der Waals surface area contributed by atoms with Gasteiger partial charge in [0.15, 0.2) is 0 Å². The molecule has 0 unspecified atom stereocenters. The number of amides is 3. The van der Waals surface area contributed by atoms with E-state index < -0.39 is 30.1 Å². The second-order valence-corrected chi connectivity index (χ2v) is 10.6. The van der Waals surface area contributed by atoms with E-state index in [1.807, 2.05) is 26.8 Å². The minimum absolute atomic E-state index is 0.0554. The van der Waals surface area contributed by atoms with Gasteiger partial charge in [0.25, 0.3) is 0 Å². The topological polar surface area (TPSA) is 151 Å². The lowest BCUT2D eigenvalue weighted by Crippen LogP contribution is -2.51. The first-order valence-electron chi connectivity index (χ1n) is 13.6. The van der Waals surface area contributed by atoms with Crippen LogP contribution in [0.5, 0.6) is 5.75 Å². The Morgan fingerprint density at radius 3 is 2.33 bits per heavy atom. The van der Waals surface area contributed by atoms with Crippen molar-refractivity contribution in [1.82, 2.24) is 15.5 Å². The fourth-order valence-electron chi connectivity index (χ4n) is 4.58. The SMILES string of the molecule is C/C1=C\[C@@H](C)[C@@H](C)OC(=O)C[C@H](c2ccc(O)cc2)NC(=O)CN(C)C(=O)[C@H](CCCCN)NC(=O)[C@@H](C)C1. The molecule has 1 aliphatic heterocycles. The van der Waals surface area contributed by atoms with Gasteiger partial charge in [0.05, 0.1) is 19.0 Å². The van der Waals surface area contributed by atoms with Crippen molar-refractivity contribution in [3.05, 3.63) is 41.5 Å². The van der Waals surface area contributed by atoms with Crippen LogP contribution in [0.2, 0.25) is 0 Å². The molecule has 3 amide bonds. The first kappa shape index (κ1) is 31.8. The number of carbonyl (C=O) groups is 4. The van der Waals surface area contributed by atoms with Crippen LogP contribution in [-0.2, 0) is 23.9 Å². The van der Waals surface area contributed by atoms with Gasteiger partial charge in [-0.15, -0.1) is 0 Å². The molecule has 10 heteroatoms. The molecule has 0 bridgehead atoms. The number of unbranched alkanes of at least 4 members (excludes halogenated alkanes) is 1. The summed E-state index contributed by atoms with van der Waals surface area (Å²) in [5.74, 6) is -2.01. The maximum absolute atomic E-state index is 13.3. The number of allylic oxidation sites excluding steroid dienone is 1. The van der Waals surface area contributed by atoms with Crippen LogP contribution in [0.1, 0.15) is 71.4 Å². The van der Waals surface area contributed by atoms with E-state index >= 15 is 0 Å². The normalized spacial score (nSPS) is 27.9. The summed E-state index contributed by atoms with van der Waals surface area (Å²) in [6.45, 7) is 7.69. The highest BCUT2D eigenvalue weighted by Crippen LogP contribution is 2.23. The molecule has 0 radical (unpaired) electrons. The number of cyclic esters (lactones) is 1. The number of ether oxygens (including phenoxy) is 1. The van der Waals surface area contributed by atoms with Gasteiger partial charge in [-0.3, -0.25) is 19.2 Å². The Morgan fingerprint density at radius 1 is 1.03 bits per heavy atom. The Bertz CT molecular complexity index is 1030. The lowest BCUT2D eigenvalue weighted by atomic mass is 9.95. The van der Waals surface area contributed by atoms with E-state index in [4.69, 9.17) is 10.5 Å². The van der Waals surface area contributed by atoms with Crippen LogP contribution < -0.4 is 16.4 Å². The van der Waals surface area contributed by atoms with Crippen molar-refractivity contribution < 1.29 is 29.0 Å². The molecule has 5 N–H and O–H groups in total. The Labute approximate surface area is 231 Å². The Kier molecular flexibility index (Phi) is 12.4. The first-order valence-corrected chi connectivity index (χ1v) is 13.6. The predicted octanol–water partition coefficient (Wildman–Crippen LogP) is 2.57. The van der Waals surface area contributed by atoms with E-state index in [1.54, 1.807) is 19.1 Å². The standard InChI is InChI=1S/C29H44N4O6/c1-18-14-19(2)21(4)39-27(36)16-25(22-9-11-23(34)12-10-22)31-26(35)17-33(5)29(38)24(8-6-7-13-30)32-28(37)20(3)15-18/h9-12,14,19-21,24-25,34H,6-8,13,15-17,30H2,1-5H3,(H,31,35)(H,32,37)/b18-14+/t19-,20+,21-,24+,25-/m1/s1. The van der Waals surface area contributed by atoms with E-state index in [1.165, 1.54) is 24.1 Å². The van der Waals surface area contributed by atoms with E-state index in [0.29, 0.717) is 37.8 Å². The van der Waals surface area contributed by atoms with Crippen LogP contribution in [0.15, 0.2) is 35.9 Å². The summed E-state index contributed by atoms with van der Waals surface area (Å²) in [6, 6.07) is 4.68. The summed E-state index contributed by atoms with van der Waals surface area (Å²) in [6.07, 6.45) is 3.70. The van der Waals surface area contributed by atoms with E-state index in [0.717, 1.165) is 5.57 Å². The number of phenolic OH excluding ortho intramolecular Hbond substituents is 1. The van der Waals surface area contributed by atoms with Crippen molar-refractivity contribution in [3.8, 4) is 5.75 Å². The zero-order chi connectivity index (χ0) is 29.1. The highest BCUT2D eigenvalue weighted by atomic mass is 16.5. The molecule has 0 spiro atoms. The van der Waals surface area contributed by atoms with E-state index in [-0.39, 0.29) is 42.4 Å². The molecule has 0 aliphatic carbocycles. The Balaban J connectivity index is 2.37. The molecule has 39 heavy (non-hydrogen) atoms. The van der Waals surface area contributed by atoms with Gasteiger partial charge in [-0.25, -0.2) is 0 Å². The monoisotopic (exact) mass is 544 g/mol. The van der Waals surface area contributed by atoms with Gasteiger partial charge in [-0.1, -0.05) is 37.6 Å². The van der Waals surface area contributed by atoms with Crippen molar-refractivity contribution in [3.63, 3.8) is 0 Å². The zero-order valence-corrected chi connectivity index (χ0v) is 23.7. The lowest BCUT2D eigenvalue weighted by Gasteiger charge is -2.27. The maximum Gasteiger partial charge on any atom is 0.308 e. The lowest BCUT2D eigenvalue weighted by molar-refractivity contribution is -0.150. The Morgan fingerprint density at radius 2 is 1.69 bits per heavy atom. The van der Waals surface area contributed by atoms with Crippen LogP contribution in [-0.4, -0.2) is 66.0 Å². The summed E-state index contributed by atoms with van der Waals surface area (Å²) >= 11 is 0. The highest BCUT2D eigenvalue weighted by molar-refractivity contribution is 5.91. The number of aromatic hydroxyl groups is 1. The summed E-state index contributed by atoms with van der Waals surface area (Å²) in [5.41, 5.74) is 7.21. The predicted molar refractivity (Wildman–Crippen MR) is 148 cm³/mol. The highest BCUT2D eigenvalue weighted by Gasteiger charge is 2.28. The molecule has 10 nitrogen and oxygen atoms in total. The number of nitrogens with one attached hydrogen (secondary N) is 2. The molecule has 0 saturated carbocycles. The van der Waals surface area contributed by atoms with Crippen LogP contribution in [0, 0.1) is 11.8 Å². The second kappa shape index (κ2) is 15.3. The smallest absolute Gasteiger partial charge is 0.308 e. The number of likely N-dealkylation sites (N-methyl/N-ethyl adjacent to an activating group) is 1. The Hall–Kier alpha value is -3.40. The molecule has 0 fully saturated rings. The second-order valence-electron chi connectivity index (χ2n) is 10.6. The maximum atomic E-state index is 13.3. The molecular formula is C29H44N4O6. The number of esters is 1. The van der Waals surface area contributed by atoms with Crippen LogP contribution in [0.25, 0.3) is 0 Å². The van der Waals surface area contributed by atoms with E-state index in [2.05, 4.69) is 10.6 Å². The van der Waals surface area contributed by atoms with Crippen molar-refractivity contribution in [2.45, 2.75) is 78.0 Å². The van der Waals surface area contributed by atoms with Crippen molar-refractivity contribution >= 4 is 23.7 Å². The van der Waals surface area contributed by atoms with Gasteiger partial charge < -0.3 is 31.1 Å². The van der Waals surface area contributed by atoms with Gasteiger partial charge in [0, 0.05) is 18.9 Å². The number of hydrogen-bond donors (Lipinski definition) is 4. The van der Waals surface area contributed by atoms with Crippen molar-refractivity contribution in [2.75, 3.05) is 20.1 Å². The van der Waals surface area contributed by atoms with Crippen LogP contribution in [0.4, 0.5) is 0 Å². The molecule has 2 rings (SSSR count). The summed E-state index contributed by atoms with van der Waals surface area (Å²) in [5, 5.41) is 15.4. The third kappa shape index (κ3) is 10.4. The fourth-order valence-corrected chi connectivity index (χ4v) is 4.58.